The first kappa shape index (κ1) is 12.9. The Bertz CT molecular complexity index is 795. The van der Waals surface area contributed by atoms with Gasteiger partial charge in [0.15, 0.2) is 0 Å². The summed E-state index contributed by atoms with van der Waals surface area (Å²) in [6.07, 6.45) is -2.65. The largest absolute Gasteiger partial charge is 0.469 e. The Morgan fingerprint density at radius 3 is 2.75 bits per heavy atom. The zero-order valence-corrected chi connectivity index (χ0v) is 10.8. The first-order valence-corrected chi connectivity index (χ1v) is 6.17. The van der Waals surface area contributed by atoms with Gasteiger partial charge >= 0.3 is 6.18 Å². The van der Waals surface area contributed by atoms with E-state index in [0.29, 0.717) is 23.4 Å². The van der Waals surface area contributed by atoms with Crippen LogP contribution < -0.4 is 0 Å². The van der Waals surface area contributed by atoms with E-state index < -0.39 is 17.3 Å². The van der Waals surface area contributed by atoms with Crippen LogP contribution in [0.25, 0.3) is 11.3 Å². The number of pyridine rings is 1. The van der Waals surface area contributed by atoms with Gasteiger partial charge in [-0.1, -0.05) is 12.2 Å². The number of nitriles is 1. The summed E-state index contributed by atoms with van der Waals surface area (Å²) in [5.41, 5.74) is -0.482. The van der Waals surface area contributed by atoms with Crippen molar-refractivity contribution in [2.45, 2.75) is 19.0 Å². The number of alkyl halides is 3. The highest BCUT2D eigenvalue weighted by molar-refractivity contribution is 7.71. The van der Waals surface area contributed by atoms with Gasteiger partial charge in [0.05, 0.1) is 23.1 Å². The molecule has 7 heteroatoms. The average molecular weight is 296 g/mol. The van der Waals surface area contributed by atoms with Crippen LogP contribution in [0.1, 0.15) is 22.5 Å². The smallest absolute Gasteiger partial charge is 0.418 e. The molecule has 0 fully saturated rings. The first-order chi connectivity index (χ1) is 9.43. The maximum atomic E-state index is 13.3. The Labute approximate surface area is 116 Å². The second kappa shape index (κ2) is 4.21. The van der Waals surface area contributed by atoms with Crippen LogP contribution in [-0.4, -0.2) is 4.98 Å². The van der Waals surface area contributed by atoms with Crippen molar-refractivity contribution in [3.05, 3.63) is 39.4 Å². The van der Waals surface area contributed by atoms with Crippen LogP contribution in [0.3, 0.4) is 0 Å². The van der Waals surface area contributed by atoms with E-state index in [1.165, 1.54) is 6.26 Å². The van der Waals surface area contributed by atoms with Crippen LogP contribution in [0, 0.1) is 16.0 Å². The predicted octanol–water partition coefficient (Wildman–Crippen LogP) is 3.99. The van der Waals surface area contributed by atoms with Crippen molar-refractivity contribution in [2.24, 2.45) is 0 Å². The van der Waals surface area contributed by atoms with Gasteiger partial charge in [0.25, 0.3) is 0 Å². The fourth-order valence-corrected chi connectivity index (χ4v) is 2.79. The summed E-state index contributed by atoms with van der Waals surface area (Å²) in [5.74, 6) is 0.626. The number of aromatic amines is 1. The van der Waals surface area contributed by atoms with E-state index in [9.17, 15) is 13.2 Å². The number of aromatic nitrogens is 1. The lowest BCUT2D eigenvalue weighted by molar-refractivity contribution is -0.138. The SMILES string of the molecule is N#Cc1c(C(F)(F)F)c2c([nH]c1=S)-c1ccoc1CC2. The molecule has 20 heavy (non-hydrogen) atoms. The van der Waals surface area contributed by atoms with E-state index in [2.05, 4.69) is 4.98 Å². The quantitative estimate of drug-likeness (QED) is 0.748. The molecule has 0 saturated carbocycles. The number of hydrogen-bond acceptors (Lipinski definition) is 3. The van der Waals surface area contributed by atoms with Gasteiger partial charge in [-0.15, -0.1) is 0 Å². The zero-order chi connectivity index (χ0) is 14.5. The van der Waals surface area contributed by atoms with Crippen LogP contribution in [0.15, 0.2) is 16.7 Å². The van der Waals surface area contributed by atoms with E-state index in [1.54, 1.807) is 12.1 Å². The summed E-state index contributed by atoms with van der Waals surface area (Å²) < 4.78 is 44.8. The lowest BCUT2D eigenvalue weighted by Crippen LogP contribution is -2.17. The van der Waals surface area contributed by atoms with E-state index in [1.807, 2.05) is 0 Å². The number of rotatable bonds is 0. The Balaban J connectivity index is 2.43. The minimum absolute atomic E-state index is 0.0801. The molecule has 0 spiro atoms. The molecule has 0 aliphatic heterocycles. The Morgan fingerprint density at radius 2 is 2.10 bits per heavy atom. The molecule has 1 N–H and O–H groups in total. The summed E-state index contributed by atoms with van der Waals surface area (Å²) in [5, 5.41) is 8.96. The zero-order valence-electron chi connectivity index (χ0n) is 9.97. The van der Waals surface area contributed by atoms with Crippen LogP contribution in [0.5, 0.6) is 0 Å². The number of fused-ring (bicyclic) bond motifs is 3. The molecule has 0 aromatic carbocycles. The van der Waals surface area contributed by atoms with Crippen LogP contribution in [-0.2, 0) is 19.0 Å². The lowest BCUT2D eigenvalue weighted by Gasteiger charge is -2.21. The Morgan fingerprint density at radius 1 is 1.35 bits per heavy atom. The molecule has 2 aromatic heterocycles. The van der Waals surface area contributed by atoms with Crippen molar-refractivity contribution < 1.29 is 17.6 Å². The molecular formula is C13H7F3N2OS. The van der Waals surface area contributed by atoms with Crippen molar-refractivity contribution in [1.82, 2.24) is 4.98 Å². The average Bonchev–Trinajstić information content (AvgIpc) is 2.84. The standard InChI is InChI=1S/C13H7F3N2OS/c14-13(15,16)10-7-1-2-9-6(3-4-19-9)11(7)18-12(20)8(10)5-17/h3-4H,1-2H2,(H,18,20). The Hall–Kier alpha value is -2.07. The molecule has 1 aliphatic carbocycles. The highest BCUT2D eigenvalue weighted by atomic mass is 32.1. The summed E-state index contributed by atoms with van der Waals surface area (Å²) >= 11 is 4.89. The summed E-state index contributed by atoms with van der Waals surface area (Å²) in [6.45, 7) is 0. The molecule has 0 unspecified atom stereocenters. The highest BCUT2D eigenvalue weighted by Crippen LogP contribution is 2.42. The molecule has 2 aromatic rings. The van der Waals surface area contributed by atoms with Gasteiger partial charge in [-0.05, 0) is 18.1 Å². The van der Waals surface area contributed by atoms with Crippen molar-refractivity contribution in [3.63, 3.8) is 0 Å². The highest BCUT2D eigenvalue weighted by Gasteiger charge is 2.39. The molecular weight excluding hydrogens is 289 g/mol. The van der Waals surface area contributed by atoms with Crippen molar-refractivity contribution in [1.29, 1.82) is 5.26 Å². The number of hydrogen-bond donors (Lipinski definition) is 1. The van der Waals surface area contributed by atoms with Gasteiger partial charge < -0.3 is 9.40 Å². The first-order valence-electron chi connectivity index (χ1n) is 5.76. The number of halogens is 3. The molecule has 0 saturated heterocycles. The monoisotopic (exact) mass is 296 g/mol. The number of nitrogens with one attached hydrogen (secondary N) is 1. The summed E-state index contributed by atoms with van der Waals surface area (Å²) in [7, 11) is 0. The second-order valence-electron chi connectivity index (χ2n) is 4.42. The van der Waals surface area contributed by atoms with Crippen LogP contribution in [0.4, 0.5) is 13.2 Å². The minimum atomic E-state index is -4.61. The topological polar surface area (TPSA) is 52.7 Å². The van der Waals surface area contributed by atoms with Crippen LogP contribution in [0.2, 0.25) is 0 Å². The van der Waals surface area contributed by atoms with Crippen molar-refractivity contribution in [2.75, 3.05) is 0 Å². The fourth-order valence-electron chi connectivity index (χ4n) is 2.54. The van der Waals surface area contributed by atoms with Gasteiger partial charge in [0.2, 0.25) is 0 Å². The van der Waals surface area contributed by atoms with Crippen molar-refractivity contribution in [3.8, 4) is 17.3 Å². The maximum Gasteiger partial charge on any atom is 0.418 e. The lowest BCUT2D eigenvalue weighted by atomic mass is 9.89. The molecule has 0 bridgehead atoms. The van der Waals surface area contributed by atoms with Gasteiger partial charge in [-0.25, -0.2) is 0 Å². The molecule has 3 rings (SSSR count). The number of aryl methyl sites for hydroxylation is 1. The molecule has 102 valence electrons. The van der Waals surface area contributed by atoms with Gasteiger partial charge in [0.1, 0.15) is 16.5 Å². The normalized spacial score (nSPS) is 13.5. The third kappa shape index (κ3) is 1.76. The number of furan rings is 1. The summed E-state index contributed by atoms with van der Waals surface area (Å²) in [4.78, 5) is 2.73. The maximum absolute atomic E-state index is 13.3. The minimum Gasteiger partial charge on any atom is -0.469 e. The molecule has 2 heterocycles. The molecule has 3 nitrogen and oxygen atoms in total. The molecule has 1 aliphatic rings. The van der Waals surface area contributed by atoms with E-state index in [-0.39, 0.29) is 16.6 Å². The van der Waals surface area contributed by atoms with Crippen LogP contribution >= 0.6 is 12.2 Å². The third-order valence-electron chi connectivity index (χ3n) is 3.33. The number of nitrogens with zero attached hydrogens (tertiary/aromatic N) is 1. The van der Waals surface area contributed by atoms with E-state index in [4.69, 9.17) is 21.9 Å². The third-order valence-corrected chi connectivity index (χ3v) is 3.64. The molecule has 0 radical (unpaired) electrons. The van der Waals surface area contributed by atoms with Crippen molar-refractivity contribution >= 4 is 12.2 Å². The predicted molar refractivity (Wildman–Crippen MR) is 66.5 cm³/mol. The van der Waals surface area contributed by atoms with E-state index >= 15 is 0 Å². The van der Waals surface area contributed by atoms with Gasteiger partial charge in [-0.3, -0.25) is 0 Å². The fraction of sp³-hybridized carbons (Fsp3) is 0.231. The number of H-pyrrole nitrogens is 1. The molecule has 0 atom stereocenters. The van der Waals surface area contributed by atoms with Gasteiger partial charge in [-0.2, -0.15) is 18.4 Å². The van der Waals surface area contributed by atoms with E-state index in [0.717, 1.165) is 0 Å². The van der Waals surface area contributed by atoms with Gasteiger partial charge in [0, 0.05) is 12.0 Å². The second-order valence-corrected chi connectivity index (χ2v) is 4.83. The Kier molecular flexibility index (Phi) is 2.73. The summed E-state index contributed by atoms with van der Waals surface area (Å²) in [6, 6.07) is 3.16. The molecule has 0 amide bonds.